The van der Waals surface area contributed by atoms with Crippen LogP contribution in [0.1, 0.15) is 0 Å². The van der Waals surface area contributed by atoms with E-state index >= 15 is 0 Å². The first kappa shape index (κ1) is 7.20. The topological polar surface area (TPSA) is 114 Å². The van der Waals surface area contributed by atoms with Gasteiger partial charge in [0.05, 0.1) is 6.20 Å². The number of nitrogen functional groups attached to an aromatic ring is 1. The van der Waals surface area contributed by atoms with Gasteiger partial charge in [-0.3, -0.25) is 4.57 Å². The molecule has 10 heavy (non-hydrogen) atoms. The third kappa shape index (κ3) is 1.32. The monoisotopic (exact) mass is 164 g/mol. The van der Waals surface area contributed by atoms with Crippen LogP contribution in [0.2, 0.25) is 0 Å². The van der Waals surface area contributed by atoms with Gasteiger partial charge in [-0.15, -0.1) is 5.10 Å². The van der Waals surface area contributed by atoms with Crippen LogP contribution in [0.4, 0.5) is 0 Å². The van der Waals surface area contributed by atoms with E-state index in [1.165, 1.54) is 0 Å². The maximum Gasteiger partial charge on any atom is 0.378 e. The van der Waals surface area contributed by atoms with E-state index in [9.17, 15) is 4.57 Å². The summed E-state index contributed by atoms with van der Waals surface area (Å²) in [6.45, 7) is 0. The zero-order valence-electron chi connectivity index (χ0n) is 4.75. The molecule has 0 saturated carbocycles. The van der Waals surface area contributed by atoms with Gasteiger partial charge in [-0.25, -0.2) is 0 Å². The molecule has 8 heteroatoms. The molecule has 56 valence electrons. The summed E-state index contributed by atoms with van der Waals surface area (Å²) in [7, 11) is -4.27. The van der Waals surface area contributed by atoms with E-state index in [4.69, 9.17) is 15.6 Å². The van der Waals surface area contributed by atoms with Gasteiger partial charge in [-0.1, -0.05) is 0 Å². The van der Waals surface area contributed by atoms with Gasteiger partial charge in [0.15, 0.2) is 5.44 Å². The van der Waals surface area contributed by atoms with Crippen LogP contribution in [0, 0.1) is 0 Å². The Morgan fingerprint density at radius 3 is 2.50 bits per heavy atom. The summed E-state index contributed by atoms with van der Waals surface area (Å²) in [5.74, 6) is 4.97. The maximum absolute atomic E-state index is 10.4. The van der Waals surface area contributed by atoms with E-state index in [0.29, 0.717) is 0 Å². The molecule has 0 unspecified atom stereocenters. The van der Waals surface area contributed by atoms with E-state index < -0.39 is 13.0 Å². The van der Waals surface area contributed by atoms with E-state index in [1.54, 1.807) is 0 Å². The van der Waals surface area contributed by atoms with Crippen LogP contribution in [0.5, 0.6) is 0 Å². The van der Waals surface area contributed by atoms with Crippen molar-refractivity contribution < 1.29 is 14.4 Å². The van der Waals surface area contributed by atoms with Crippen molar-refractivity contribution in [3.8, 4) is 0 Å². The summed E-state index contributed by atoms with van der Waals surface area (Å²) in [6, 6.07) is 0. The van der Waals surface area contributed by atoms with Gasteiger partial charge in [0.2, 0.25) is 0 Å². The third-order valence-electron chi connectivity index (χ3n) is 0.797. The van der Waals surface area contributed by atoms with E-state index in [-0.39, 0.29) is 0 Å². The lowest BCUT2D eigenvalue weighted by Crippen LogP contribution is -2.09. The SMILES string of the molecule is Nn1cc(P(=O)(O)O)nn1. The van der Waals surface area contributed by atoms with Crippen molar-refractivity contribution in [3.63, 3.8) is 0 Å². The van der Waals surface area contributed by atoms with Gasteiger partial charge >= 0.3 is 7.60 Å². The minimum atomic E-state index is -4.27. The van der Waals surface area contributed by atoms with Crippen molar-refractivity contribution >= 4 is 13.0 Å². The van der Waals surface area contributed by atoms with E-state index in [1.807, 2.05) is 0 Å². The highest BCUT2D eigenvalue weighted by Gasteiger charge is 2.20. The van der Waals surface area contributed by atoms with E-state index in [0.717, 1.165) is 11.0 Å². The molecule has 0 fully saturated rings. The Bertz CT molecular complexity index is 276. The highest BCUT2D eigenvalue weighted by Crippen LogP contribution is 2.30. The average molecular weight is 164 g/mol. The molecule has 0 amide bonds. The molecule has 1 aromatic heterocycles. The summed E-state index contributed by atoms with van der Waals surface area (Å²) in [4.78, 5) is 17.6. The largest absolute Gasteiger partial charge is 0.378 e. The number of nitrogens with zero attached hydrogens (tertiary/aromatic N) is 3. The van der Waals surface area contributed by atoms with Crippen LogP contribution < -0.4 is 11.3 Å². The molecule has 0 aliphatic carbocycles. The Balaban J connectivity index is 3.08. The fourth-order valence-electron chi connectivity index (χ4n) is 0.401. The van der Waals surface area contributed by atoms with Crippen molar-refractivity contribution in [2.45, 2.75) is 0 Å². The molecular weight excluding hydrogens is 159 g/mol. The molecule has 0 aromatic carbocycles. The zero-order valence-corrected chi connectivity index (χ0v) is 5.64. The fourth-order valence-corrected chi connectivity index (χ4v) is 0.826. The molecule has 0 aliphatic heterocycles. The summed E-state index contributed by atoms with van der Waals surface area (Å²) in [5, 5.41) is 6.25. The van der Waals surface area contributed by atoms with E-state index in [2.05, 4.69) is 10.3 Å². The molecule has 0 aliphatic rings. The highest BCUT2D eigenvalue weighted by atomic mass is 31.2. The Labute approximate surface area is 55.6 Å². The van der Waals surface area contributed by atoms with Gasteiger partial charge in [0.1, 0.15) is 0 Å². The lowest BCUT2D eigenvalue weighted by molar-refractivity contribution is 0.386. The molecule has 4 N–H and O–H groups in total. The van der Waals surface area contributed by atoms with Gasteiger partial charge in [0.25, 0.3) is 0 Å². The van der Waals surface area contributed by atoms with Crippen LogP contribution >= 0.6 is 7.60 Å². The molecule has 0 radical (unpaired) electrons. The molecule has 1 rings (SSSR count). The summed E-state index contributed by atoms with van der Waals surface area (Å²) in [5.41, 5.74) is -0.421. The number of hydrogen-bond acceptors (Lipinski definition) is 4. The zero-order chi connectivity index (χ0) is 7.78. The molecule has 7 nitrogen and oxygen atoms in total. The number of nitrogens with two attached hydrogens (primary N) is 1. The van der Waals surface area contributed by atoms with Gasteiger partial charge in [0, 0.05) is 0 Å². The first-order valence-corrected chi connectivity index (χ1v) is 3.85. The standard InChI is InChI=1S/C2H5N4O3P/c3-6-1-2(4-5-6)10(7,8)9/h1H,3H2,(H2,7,8,9). The quantitative estimate of drug-likeness (QED) is 0.320. The minimum Gasteiger partial charge on any atom is -0.322 e. The molecule has 1 aromatic rings. The minimum absolute atomic E-state index is 0.421. The van der Waals surface area contributed by atoms with Crippen molar-refractivity contribution in [2.24, 2.45) is 0 Å². The molecule has 1 heterocycles. The van der Waals surface area contributed by atoms with Crippen molar-refractivity contribution in [1.29, 1.82) is 0 Å². The van der Waals surface area contributed by atoms with Crippen molar-refractivity contribution in [1.82, 2.24) is 15.1 Å². The second kappa shape index (κ2) is 2.05. The maximum atomic E-state index is 10.4. The third-order valence-corrected chi connectivity index (χ3v) is 1.60. The highest BCUT2D eigenvalue weighted by molar-refractivity contribution is 7.59. The molecule has 0 saturated heterocycles. The Morgan fingerprint density at radius 2 is 2.30 bits per heavy atom. The summed E-state index contributed by atoms with van der Waals surface area (Å²) in [6.07, 6.45) is 0.959. The average Bonchev–Trinajstić information content (AvgIpc) is 2.11. The van der Waals surface area contributed by atoms with Crippen LogP contribution in [0.25, 0.3) is 0 Å². The lowest BCUT2D eigenvalue weighted by atomic mass is 10.9. The Hall–Kier alpha value is -0.910. The van der Waals surface area contributed by atoms with Crippen molar-refractivity contribution in [2.75, 3.05) is 5.84 Å². The van der Waals surface area contributed by atoms with Crippen LogP contribution in [0.15, 0.2) is 6.20 Å². The molecule has 0 bridgehead atoms. The van der Waals surface area contributed by atoms with Gasteiger partial charge in [-0.05, 0) is 5.21 Å². The normalized spacial score (nSPS) is 11.8. The molecule has 0 spiro atoms. The number of hydrogen-bond donors (Lipinski definition) is 3. The van der Waals surface area contributed by atoms with Gasteiger partial charge < -0.3 is 15.6 Å². The second-order valence-corrected chi connectivity index (χ2v) is 3.15. The first-order valence-electron chi connectivity index (χ1n) is 2.23. The van der Waals surface area contributed by atoms with Crippen LogP contribution in [-0.4, -0.2) is 24.9 Å². The van der Waals surface area contributed by atoms with Crippen LogP contribution in [-0.2, 0) is 4.57 Å². The summed E-state index contributed by atoms with van der Waals surface area (Å²) >= 11 is 0. The molecule has 0 atom stereocenters. The van der Waals surface area contributed by atoms with Gasteiger partial charge in [-0.2, -0.15) is 4.79 Å². The van der Waals surface area contributed by atoms with Crippen LogP contribution in [0.3, 0.4) is 0 Å². The predicted octanol–water partition coefficient (Wildman–Crippen LogP) is -2.21. The number of aromatic nitrogens is 3. The molecular formula is C2H5N4O3P. The summed E-state index contributed by atoms with van der Waals surface area (Å²) < 4.78 is 10.4. The lowest BCUT2D eigenvalue weighted by Gasteiger charge is -1.93. The Morgan fingerprint density at radius 1 is 1.70 bits per heavy atom. The fraction of sp³-hybridized carbons (Fsp3) is 0. The second-order valence-electron chi connectivity index (χ2n) is 1.60. The predicted molar refractivity (Wildman–Crippen MR) is 31.9 cm³/mol. The number of rotatable bonds is 1. The van der Waals surface area contributed by atoms with Crippen molar-refractivity contribution in [3.05, 3.63) is 6.20 Å². The first-order chi connectivity index (χ1) is 4.50. The Kier molecular flexibility index (Phi) is 1.47. The smallest absolute Gasteiger partial charge is 0.322 e.